The first-order valence-electron chi connectivity index (χ1n) is 4.43. The molecular formula is C10H11NOS2. The van der Waals surface area contributed by atoms with E-state index < -0.39 is 0 Å². The van der Waals surface area contributed by atoms with E-state index in [0.717, 1.165) is 17.0 Å². The van der Waals surface area contributed by atoms with Crippen LogP contribution in [0.2, 0.25) is 0 Å². The zero-order valence-corrected chi connectivity index (χ0v) is 9.52. The lowest BCUT2D eigenvalue weighted by Gasteiger charge is -1.98. The molecule has 0 saturated heterocycles. The fourth-order valence-electron chi connectivity index (χ4n) is 1.26. The van der Waals surface area contributed by atoms with E-state index in [1.165, 1.54) is 4.88 Å². The molecule has 74 valence electrons. The van der Waals surface area contributed by atoms with E-state index in [0.29, 0.717) is 5.25 Å². The molecule has 0 spiro atoms. The van der Waals surface area contributed by atoms with Crippen molar-refractivity contribution in [3.8, 4) is 10.6 Å². The van der Waals surface area contributed by atoms with Crippen LogP contribution in [-0.4, -0.2) is 10.4 Å². The Labute approximate surface area is 92.3 Å². The Hall–Kier alpha value is -0.740. The highest BCUT2D eigenvalue weighted by molar-refractivity contribution is 7.80. The van der Waals surface area contributed by atoms with Crippen molar-refractivity contribution >= 4 is 24.0 Å². The van der Waals surface area contributed by atoms with Crippen LogP contribution in [0.5, 0.6) is 0 Å². The molecule has 2 aromatic heterocycles. The van der Waals surface area contributed by atoms with Gasteiger partial charge in [-0.2, -0.15) is 12.6 Å². The summed E-state index contributed by atoms with van der Waals surface area (Å²) in [5.41, 5.74) is 0.910. The van der Waals surface area contributed by atoms with E-state index in [1.54, 1.807) is 17.6 Å². The van der Waals surface area contributed by atoms with E-state index in [2.05, 4.69) is 36.8 Å². The smallest absolute Gasteiger partial charge is 0.124 e. The van der Waals surface area contributed by atoms with Gasteiger partial charge in [0, 0.05) is 16.2 Å². The van der Waals surface area contributed by atoms with E-state index in [9.17, 15) is 0 Å². The minimum Gasteiger partial charge on any atom is -0.364 e. The third-order valence-electron chi connectivity index (χ3n) is 1.85. The zero-order chi connectivity index (χ0) is 9.97. The summed E-state index contributed by atoms with van der Waals surface area (Å²) in [5.74, 6) is 0. The van der Waals surface area contributed by atoms with Crippen molar-refractivity contribution in [1.29, 1.82) is 0 Å². The average molecular weight is 225 g/mol. The first-order valence-corrected chi connectivity index (χ1v) is 5.76. The molecule has 0 saturated carbocycles. The SMILES string of the molecule is C[C@H](S)Cc1ccc(-c2ccon2)s1. The molecule has 0 N–H and O–H groups in total. The number of rotatable bonds is 3. The van der Waals surface area contributed by atoms with Gasteiger partial charge in [-0.05, 0) is 18.6 Å². The van der Waals surface area contributed by atoms with Crippen molar-refractivity contribution in [2.24, 2.45) is 0 Å². The second-order valence-electron chi connectivity index (χ2n) is 3.20. The molecule has 1 atom stereocenters. The van der Waals surface area contributed by atoms with Crippen LogP contribution in [0, 0.1) is 0 Å². The van der Waals surface area contributed by atoms with Crippen LogP contribution in [0.25, 0.3) is 10.6 Å². The second kappa shape index (κ2) is 4.19. The molecule has 0 aliphatic rings. The summed E-state index contributed by atoms with van der Waals surface area (Å²) in [4.78, 5) is 2.49. The molecule has 0 aliphatic carbocycles. The number of hydrogen-bond acceptors (Lipinski definition) is 4. The van der Waals surface area contributed by atoms with Crippen LogP contribution in [0.3, 0.4) is 0 Å². The van der Waals surface area contributed by atoms with Gasteiger partial charge in [0.05, 0.1) is 4.88 Å². The van der Waals surface area contributed by atoms with E-state index in [4.69, 9.17) is 4.52 Å². The van der Waals surface area contributed by atoms with Crippen molar-refractivity contribution in [1.82, 2.24) is 5.16 Å². The molecule has 2 heterocycles. The van der Waals surface area contributed by atoms with Crippen LogP contribution in [0.4, 0.5) is 0 Å². The molecule has 0 unspecified atom stereocenters. The van der Waals surface area contributed by atoms with Crippen LogP contribution >= 0.6 is 24.0 Å². The summed E-state index contributed by atoms with van der Waals surface area (Å²) in [5, 5.41) is 4.30. The van der Waals surface area contributed by atoms with Crippen molar-refractivity contribution in [2.75, 3.05) is 0 Å². The Morgan fingerprint density at radius 1 is 1.50 bits per heavy atom. The molecule has 4 heteroatoms. The van der Waals surface area contributed by atoms with Gasteiger partial charge in [0.15, 0.2) is 0 Å². The van der Waals surface area contributed by atoms with Crippen molar-refractivity contribution in [2.45, 2.75) is 18.6 Å². The Kier molecular flexibility index (Phi) is 2.93. The summed E-state index contributed by atoms with van der Waals surface area (Å²) < 4.78 is 4.80. The molecule has 2 aromatic rings. The number of nitrogens with zero attached hydrogens (tertiary/aromatic N) is 1. The van der Waals surface area contributed by atoms with Gasteiger partial charge >= 0.3 is 0 Å². The maximum atomic E-state index is 4.80. The van der Waals surface area contributed by atoms with Crippen molar-refractivity contribution in [3.63, 3.8) is 0 Å². The fraction of sp³-hybridized carbons (Fsp3) is 0.300. The van der Waals surface area contributed by atoms with Gasteiger partial charge in [0.1, 0.15) is 12.0 Å². The van der Waals surface area contributed by atoms with Gasteiger partial charge in [0.25, 0.3) is 0 Å². The third kappa shape index (κ3) is 2.19. The minimum atomic E-state index is 0.402. The van der Waals surface area contributed by atoms with Gasteiger partial charge in [-0.25, -0.2) is 0 Å². The molecule has 2 nitrogen and oxygen atoms in total. The highest BCUT2D eigenvalue weighted by Crippen LogP contribution is 2.27. The molecule has 0 aliphatic heterocycles. The van der Waals surface area contributed by atoms with Gasteiger partial charge < -0.3 is 4.52 Å². The molecule has 14 heavy (non-hydrogen) atoms. The maximum absolute atomic E-state index is 4.80. The lowest BCUT2D eigenvalue weighted by atomic mass is 10.3. The Balaban J connectivity index is 2.18. The Morgan fingerprint density at radius 3 is 3.00 bits per heavy atom. The average Bonchev–Trinajstić information content (AvgIpc) is 2.69. The van der Waals surface area contributed by atoms with E-state index >= 15 is 0 Å². The fourth-order valence-corrected chi connectivity index (χ4v) is 2.67. The number of thiol groups is 1. The maximum Gasteiger partial charge on any atom is 0.124 e. The van der Waals surface area contributed by atoms with E-state index in [-0.39, 0.29) is 0 Å². The minimum absolute atomic E-state index is 0.402. The molecule has 0 fully saturated rings. The first kappa shape index (κ1) is 9.80. The quantitative estimate of drug-likeness (QED) is 0.811. The van der Waals surface area contributed by atoms with Crippen LogP contribution in [-0.2, 0) is 6.42 Å². The molecule has 0 bridgehead atoms. The normalized spacial score (nSPS) is 13.0. The Bertz CT molecular complexity index is 392. The molecule has 0 amide bonds. The summed E-state index contributed by atoms with van der Waals surface area (Å²) in [6, 6.07) is 6.08. The predicted molar refractivity (Wildman–Crippen MR) is 62.0 cm³/mol. The zero-order valence-electron chi connectivity index (χ0n) is 7.80. The molecule has 2 rings (SSSR count). The van der Waals surface area contributed by atoms with Gasteiger partial charge in [-0.15, -0.1) is 11.3 Å². The highest BCUT2D eigenvalue weighted by Gasteiger charge is 2.06. The van der Waals surface area contributed by atoms with Gasteiger partial charge in [0.2, 0.25) is 0 Å². The van der Waals surface area contributed by atoms with Crippen molar-refractivity contribution < 1.29 is 4.52 Å². The van der Waals surface area contributed by atoms with Crippen LogP contribution in [0.1, 0.15) is 11.8 Å². The lowest BCUT2D eigenvalue weighted by Crippen LogP contribution is -1.93. The number of hydrogen-bond donors (Lipinski definition) is 1. The van der Waals surface area contributed by atoms with Crippen LogP contribution < -0.4 is 0 Å². The number of aromatic nitrogens is 1. The number of thiophene rings is 1. The highest BCUT2D eigenvalue weighted by atomic mass is 32.1. The van der Waals surface area contributed by atoms with Crippen molar-refractivity contribution in [3.05, 3.63) is 29.3 Å². The second-order valence-corrected chi connectivity index (χ2v) is 5.25. The molecule has 0 radical (unpaired) electrons. The predicted octanol–water partition coefficient (Wildman–Crippen LogP) is 3.26. The summed E-state index contributed by atoms with van der Waals surface area (Å²) in [6.45, 7) is 2.10. The molecular weight excluding hydrogens is 214 g/mol. The first-order chi connectivity index (χ1) is 6.75. The van der Waals surface area contributed by atoms with Gasteiger partial charge in [-0.1, -0.05) is 12.1 Å². The topological polar surface area (TPSA) is 26.0 Å². The summed E-state index contributed by atoms with van der Waals surface area (Å²) in [6.07, 6.45) is 2.60. The van der Waals surface area contributed by atoms with Gasteiger partial charge in [-0.3, -0.25) is 0 Å². The summed E-state index contributed by atoms with van der Waals surface area (Å²) in [7, 11) is 0. The largest absolute Gasteiger partial charge is 0.364 e. The monoisotopic (exact) mass is 225 g/mol. The van der Waals surface area contributed by atoms with Crippen LogP contribution in [0.15, 0.2) is 29.0 Å². The summed E-state index contributed by atoms with van der Waals surface area (Å²) >= 11 is 6.11. The third-order valence-corrected chi connectivity index (χ3v) is 3.16. The van der Waals surface area contributed by atoms with E-state index in [1.807, 2.05) is 6.07 Å². The molecule has 0 aromatic carbocycles. The Morgan fingerprint density at radius 2 is 2.36 bits per heavy atom. The lowest BCUT2D eigenvalue weighted by molar-refractivity contribution is 0.422. The standard InChI is InChI=1S/C10H11NOS2/c1-7(13)6-8-2-3-10(14-8)9-4-5-12-11-9/h2-5,7,13H,6H2,1H3/t7-/m0/s1.